The number of rotatable bonds is 3. The molecule has 3 heterocycles. The molecule has 0 aliphatic carbocycles. The average molecular weight is 293 g/mol. The highest BCUT2D eigenvalue weighted by molar-refractivity contribution is 7.15. The zero-order chi connectivity index (χ0) is 14.1. The minimum Gasteiger partial charge on any atom is -0.376 e. The number of hydrogen-bond acceptors (Lipinski definition) is 5. The number of hydrogen-bond donors (Lipinski definition) is 1. The second-order valence-corrected chi connectivity index (χ2v) is 5.65. The van der Waals surface area contributed by atoms with E-state index in [9.17, 15) is 9.59 Å². The van der Waals surface area contributed by atoms with Crippen molar-refractivity contribution in [3.05, 3.63) is 33.2 Å². The lowest BCUT2D eigenvalue weighted by molar-refractivity contribution is 0.0856. The number of aromatic nitrogens is 2. The zero-order valence-electron chi connectivity index (χ0n) is 11.1. The van der Waals surface area contributed by atoms with Crippen LogP contribution in [0, 0.1) is 6.92 Å². The van der Waals surface area contributed by atoms with Crippen LogP contribution in [0.2, 0.25) is 0 Å². The molecular formula is C13H15N3O3S. The van der Waals surface area contributed by atoms with Crippen molar-refractivity contribution >= 4 is 22.2 Å². The lowest BCUT2D eigenvalue weighted by atomic mass is 10.2. The Morgan fingerprint density at radius 2 is 2.50 bits per heavy atom. The molecule has 106 valence electrons. The van der Waals surface area contributed by atoms with Crippen LogP contribution in [0.15, 0.2) is 16.4 Å². The van der Waals surface area contributed by atoms with Crippen LogP contribution in [0.25, 0.3) is 4.96 Å². The summed E-state index contributed by atoms with van der Waals surface area (Å²) in [6, 6.07) is 0. The predicted octanol–water partition coefficient (Wildman–Crippen LogP) is 0.973. The van der Waals surface area contributed by atoms with E-state index < -0.39 is 5.91 Å². The van der Waals surface area contributed by atoms with Gasteiger partial charge in [0, 0.05) is 30.4 Å². The van der Waals surface area contributed by atoms with Gasteiger partial charge in [-0.25, -0.2) is 4.98 Å². The number of ether oxygens (including phenoxy) is 1. The highest BCUT2D eigenvalue weighted by Gasteiger charge is 2.19. The molecule has 0 spiro atoms. The summed E-state index contributed by atoms with van der Waals surface area (Å²) in [7, 11) is 0. The molecule has 0 saturated carbocycles. The fraction of sp³-hybridized carbons (Fsp3) is 0.462. The first-order valence-corrected chi connectivity index (χ1v) is 7.40. The third kappa shape index (κ3) is 2.34. The molecular weight excluding hydrogens is 278 g/mol. The van der Waals surface area contributed by atoms with E-state index in [4.69, 9.17) is 4.74 Å². The number of nitrogens with one attached hydrogen (secondary N) is 1. The van der Waals surface area contributed by atoms with Crippen LogP contribution in [-0.2, 0) is 4.74 Å². The Hall–Kier alpha value is -1.73. The zero-order valence-corrected chi connectivity index (χ0v) is 11.9. The summed E-state index contributed by atoms with van der Waals surface area (Å²) in [5, 5.41) is 4.59. The lowest BCUT2D eigenvalue weighted by Crippen LogP contribution is -2.36. The van der Waals surface area contributed by atoms with Crippen LogP contribution < -0.4 is 10.9 Å². The molecule has 0 radical (unpaired) electrons. The van der Waals surface area contributed by atoms with Gasteiger partial charge >= 0.3 is 0 Å². The SMILES string of the molecule is Cc1csc2ncc(C(=O)NC[C@H]3CCCO3)c(=O)n12. The lowest BCUT2D eigenvalue weighted by Gasteiger charge is -2.10. The molecule has 20 heavy (non-hydrogen) atoms. The van der Waals surface area contributed by atoms with E-state index in [1.54, 1.807) is 0 Å². The molecule has 1 fully saturated rings. The average Bonchev–Trinajstić information content (AvgIpc) is 3.07. The Bertz CT molecular complexity index is 700. The Balaban J connectivity index is 1.82. The summed E-state index contributed by atoms with van der Waals surface area (Å²) >= 11 is 1.38. The topological polar surface area (TPSA) is 72.7 Å². The molecule has 1 aliphatic heterocycles. The number of aryl methyl sites for hydroxylation is 1. The molecule has 0 unspecified atom stereocenters. The molecule has 1 saturated heterocycles. The van der Waals surface area contributed by atoms with E-state index in [0.717, 1.165) is 25.1 Å². The van der Waals surface area contributed by atoms with Gasteiger partial charge in [-0.1, -0.05) is 0 Å². The summed E-state index contributed by atoms with van der Waals surface area (Å²) in [5.74, 6) is -0.391. The van der Waals surface area contributed by atoms with E-state index in [2.05, 4.69) is 10.3 Å². The van der Waals surface area contributed by atoms with Crippen molar-refractivity contribution in [3.8, 4) is 0 Å². The van der Waals surface area contributed by atoms with Crippen molar-refractivity contribution < 1.29 is 9.53 Å². The van der Waals surface area contributed by atoms with Gasteiger partial charge in [-0.15, -0.1) is 11.3 Å². The molecule has 1 amide bonds. The molecule has 3 rings (SSSR count). The summed E-state index contributed by atoms with van der Waals surface area (Å²) in [6.07, 6.45) is 3.37. The van der Waals surface area contributed by atoms with Gasteiger partial charge in [0.25, 0.3) is 11.5 Å². The van der Waals surface area contributed by atoms with Gasteiger partial charge in [0.05, 0.1) is 6.10 Å². The minimum atomic E-state index is -0.391. The molecule has 1 N–H and O–H groups in total. The van der Waals surface area contributed by atoms with Gasteiger partial charge in [-0.3, -0.25) is 14.0 Å². The summed E-state index contributed by atoms with van der Waals surface area (Å²) < 4.78 is 6.90. The summed E-state index contributed by atoms with van der Waals surface area (Å²) in [4.78, 5) is 29.1. The van der Waals surface area contributed by atoms with Gasteiger partial charge in [0.15, 0.2) is 4.96 Å². The van der Waals surface area contributed by atoms with Gasteiger partial charge < -0.3 is 10.1 Å². The molecule has 1 aliphatic rings. The molecule has 0 aromatic carbocycles. The van der Waals surface area contributed by atoms with Crippen LogP contribution in [0.5, 0.6) is 0 Å². The maximum atomic E-state index is 12.3. The van der Waals surface area contributed by atoms with Gasteiger partial charge in [-0.2, -0.15) is 0 Å². The van der Waals surface area contributed by atoms with Gasteiger partial charge in [0.2, 0.25) is 0 Å². The van der Waals surface area contributed by atoms with Crippen LogP contribution >= 0.6 is 11.3 Å². The van der Waals surface area contributed by atoms with Crippen LogP contribution in [0.3, 0.4) is 0 Å². The highest BCUT2D eigenvalue weighted by atomic mass is 32.1. The van der Waals surface area contributed by atoms with Gasteiger partial charge in [-0.05, 0) is 19.8 Å². The summed E-state index contributed by atoms with van der Waals surface area (Å²) in [6.45, 7) is 3.00. The van der Waals surface area contributed by atoms with Crippen LogP contribution in [0.1, 0.15) is 28.9 Å². The third-order valence-electron chi connectivity index (χ3n) is 3.38. The Morgan fingerprint density at radius 1 is 1.65 bits per heavy atom. The Morgan fingerprint density at radius 3 is 3.25 bits per heavy atom. The molecule has 6 nitrogen and oxygen atoms in total. The molecule has 0 bridgehead atoms. The normalized spacial score (nSPS) is 18.6. The second-order valence-electron chi connectivity index (χ2n) is 4.82. The molecule has 2 aromatic rings. The quantitative estimate of drug-likeness (QED) is 0.915. The molecule has 1 atom stereocenters. The maximum Gasteiger partial charge on any atom is 0.271 e. The second kappa shape index (κ2) is 5.34. The number of thiazole rings is 1. The van der Waals surface area contributed by atoms with Crippen molar-refractivity contribution in [2.75, 3.05) is 13.2 Å². The largest absolute Gasteiger partial charge is 0.376 e. The van der Waals surface area contributed by atoms with Crippen molar-refractivity contribution in [2.24, 2.45) is 0 Å². The first kappa shape index (κ1) is 13.3. The smallest absolute Gasteiger partial charge is 0.271 e. The Kier molecular flexibility index (Phi) is 3.54. The van der Waals surface area contributed by atoms with E-state index in [0.29, 0.717) is 11.5 Å². The van der Waals surface area contributed by atoms with Crippen molar-refractivity contribution in [3.63, 3.8) is 0 Å². The van der Waals surface area contributed by atoms with Crippen LogP contribution in [0.4, 0.5) is 0 Å². The predicted molar refractivity (Wildman–Crippen MR) is 75.4 cm³/mol. The first-order valence-electron chi connectivity index (χ1n) is 6.52. The number of nitrogens with zero attached hydrogens (tertiary/aromatic N) is 2. The monoisotopic (exact) mass is 293 g/mol. The van der Waals surface area contributed by atoms with E-state index in [1.165, 1.54) is 21.9 Å². The Labute approximate surface area is 119 Å². The van der Waals surface area contributed by atoms with E-state index >= 15 is 0 Å². The van der Waals surface area contributed by atoms with E-state index in [1.807, 2.05) is 12.3 Å². The number of carbonyl (C=O) groups excluding carboxylic acids is 1. The van der Waals surface area contributed by atoms with E-state index in [-0.39, 0.29) is 17.2 Å². The first-order chi connectivity index (χ1) is 9.66. The number of carbonyl (C=O) groups is 1. The molecule has 2 aromatic heterocycles. The number of amides is 1. The third-order valence-corrected chi connectivity index (χ3v) is 4.33. The standard InChI is InChI=1S/C13H15N3O3S/c1-8-7-20-13-15-6-10(12(18)16(8)13)11(17)14-5-9-3-2-4-19-9/h6-7,9H,2-5H2,1H3,(H,14,17)/t9-/m1/s1. The van der Waals surface area contributed by atoms with Crippen molar-refractivity contribution in [1.82, 2.24) is 14.7 Å². The fourth-order valence-electron chi connectivity index (χ4n) is 2.29. The minimum absolute atomic E-state index is 0.0567. The van der Waals surface area contributed by atoms with Crippen molar-refractivity contribution in [1.29, 1.82) is 0 Å². The highest BCUT2D eigenvalue weighted by Crippen LogP contribution is 2.12. The van der Waals surface area contributed by atoms with Crippen molar-refractivity contribution in [2.45, 2.75) is 25.9 Å². The fourth-order valence-corrected chi connectivity index (χ4v) is 3.11. The summed E-state index contributed by atoms with van der Waals surface area (Å²) in [5.41, 5.74) is 0.539. The number of fused-ring (bicyclic) bond motifs is 1. The van der Waals surface area contributed by atoms with Gasteiger partial charge in [0.1, 0.15) is 5.56 Å². The molecule has 7 heteroatoms. The van der Waals surface area contributed by atoms with Crippen LogP contribution in [-0.4, -0.2) is 34.5 Å². The maximum absolute atomic E-state index is 12.3.